The molecule has 198 valence electrons. The number of hydrogen-bond acceptors (Lipinski definition) is 5. The smallest absolute Gasteiger partial charge is 0.247 e. The molecule has 3 aliphatic rings. The van der Waals surface area contributed by atoms with Crippen LogP contribution in [0.15, 0.2) is 79.0 Å². The van der Waals surface area contributed by atoms with Crippen molar-refractivity contribution in [2.75, 3.05) is 16.8 Å². The summed E-state index contributed by atoms with van der Waals surface area (Å²) in [4.78, 5) is 44.9. The number of hydrogen-bond donors (Lipinski definition) is 1. The van der Waals surface area contributed by atoms with Gasteiger partial charge in [0.05, 0.1) is 30.2 Å². The number of carbonyl (C=O) groups excluding carboxylic acids is 3. The van der Waals surface area contributed by atoms with Gasteiger partial charge < -0.3 is 15.0 Å². The molecule has 2 saturated heterocycles. The Kier molecular flexibility index (Phi) is 6.61. The lowest BCUT2D eigenvalue weighted by Gasteiger charge is -2.35. The highest BCUT2D eigenvalue weighted by Crippen LogP contribution is 2.53. The molecule has 1 N–H and O–H groups in total. The molecule has 0 aromatic heterocycles. The number of anilines is 2. The van der Waals surface area contributed by atoms with Crippen LogP contribution in [-0.2, 0) is 14.4 Å². The Morgan fingerprint density at radius 2 is 1.67 bits per heavy atom. The molecule has 2 fully saturated rings. The van der Waals surface area contributed by atoms with E-state index in [1.807, 2.05) is 41.4 Å². The summed E-state index contributed by atoms with van der Waals surface area (Å²) >= 11 is 6.01. The molecular formula is C31H28ClN3O4. The van der Waals surface area contributed by atoms with E-state index in [1.165, 1.54) is 4.90 Å². The van der Waals surface area contributed by atoms with Crippen molar-refractivity contribution in [1.29, 1.82) is 0 Å². The van der Waals surface area contributed by atoms with Gasteiger partial charge in [0.2, 0.25) is 17.7 Å². The third-order valence-electron chi connectivity index (χ3n) is 7.70. The maximum absolute atomic E-state index is 14.0. The van der Waals surface area contributed by atoms with Crippen molar-refractivity contribution < 1.29 is 19.1 Å². The van der Waals surface area contributed by atoms with Crippen LogP contribution in [0.1, 0.15) is 36.9 Å². The van der Waals surface area contributed by atoms with E-state index >= 15 is 0 Å². The summed E-state index contributed by atoms with van der Waals surface area (Å²) in [7, 11) is 0. The van der Waals surface area contributed by atoms with Crippen molar-refractivity contribution in [2.24, 2.45) is 11.8 Å². The van der Waals surface area contributed by atoms with Crippen molar-refractivity contribution in [1.82, 2.24) is 4.90 Å². The minimum Gasteiger partial charge on any atom is -0.494 e. The topological polar surface area (TPSA) is 79.0 Å². The first-order chi connectivity index (χ1) is 19.0. The van der Waals surface area contributed by atoms with E-state index in [4.69, 9.17) is 16.3 Å². The van der Waals surface area contributed by atoms with Crippen molar-refractivity contribution in [3.05, 3.63) is 95.1 Å². The standard InChI is InChI=1S/C31H28ClN3O4/c1-2-3-18-39-23-14-12-22(13-15-23)35-30(37)25-26(31(35)38)28(29(36)33-21-10-8-20(32)9-11-21)34-17-16-19-6-4-5-7-24(19)27(25)34/h4-17,25-28H,2-3,18H2,1H3,(H,33,36)/t25-,26+,27+,28-/m0/s1. The van der Waals surface area contributed by atoms with Gasteiger partial charge in [0.15, 0.2) is 0 Å². The van der Waals surface area contributed by atoms with E-state index in [1.54, 1.807) is 48.5 Å². The highest BCUT2D eigenvalue weighted by Gasteiger charge is 2.64. The second-order valence-electron chi connectivity index (χ2n) is 10.0. The van der Waals surface area contributed by atoms with Crippen LogP contribution in [0, 0.1) is 11.8 Å². The fourth-order valence-electron chi connectivity index (χ4n) is 5.89. The molecule has 0 aliphatic carbocycles. The fourth-order valence-corrected chi connectivity index (χ4v) is 6.01. The van der Waals surface area contributed by atoms with Gasteiger partial charge in [0.25, 0.3) is 0 Å². The lowest BCUT2D eigenvalue weighted by Crippen LogP contribution is -2.46. The van der Waals surface area contributed by atoms with Crippen LogP contribution in [0.25, 0.3) is 6.08 Å². The van der Waals surface area contributed by atoms with Gasteiger partial charge >= 0.3 is 0 Å². The number of amides is 3. The maximum atomic E-state index is 14.0. The van der Waals surface area contributed by atoms with Crippen LogP contribution >= 0.6 is 11.6 Å². The molecule has 3 amide bonds. The zero-order chi connectivity index (χ0) is 27.1. The summed E-state index contributed by atoms with van der Waals surface area (Å²) in [5.74, 6) is -1.88. The predicted molar refractivity (Wildman–Crippen MR) is 150 cm³/mol. The molecule has 3 aliphatic heterocycles. The number of carbonyl (C=O) groups is 3. The lowest BCUT2D eigenvalue weighted by molar-refractivity contribution is -0.128. The monoisotopic (exact) mass is 541 g/mol. The SMILES string of the molecule is CCCCOc1ccc(N2C(=O)[C@@H]3[C@H](C2=O)[C@H]2c4ccccc4C=CN2[C@@H]3C(=O)Nc2ccc(Cl)cc2)cc1. The summed E-state index contributed by atoms with van der Waals surface area (Å²) in [6.07, 6.45) is 5.74. The molecule has 4 atom stereocenters. The summed E-state index contributed by atoms with van der Waals surface area (Å²) in [6, 6.07) is 20.3. The molecule has 3 aromatic rings. The molecule has 0 radical (unpaired) electrons. The second kappa shape index (κ2) is 10.2. The maximum Gasteiger partial charge on any atom is 0.247 e. The highest BCUT2D eigenvalue weighted by molar-refractivity contribution is 6.30. The van der Waals surface area contributed by atoms with Crippen LogP contribution in [0.3, 0.4) is 0 Å². The van der Waals surface area contributed by atoms with Crippen molar-refractivity contribution >= 4 is 46.8 Å². The minimum absolute atomic E-state index is 0.299. The van der Waals surface area contributed by atoms with E-state index in [2.05, 4.69) is 12.2 Å². The molecule has 7 nitrogen and oxygen atoms in total. The number of benzene rings is 3. The quantitative estimate of drug-likeness (QED) is 0.308. The predicted octanol–water partition coefficient (Wildman–Crippen LogP) is 5.67. The summed E-state index contributed by atoms with van der Waals surface area (Å²) in [6.45, 7) is 2.70. The van der Waals surface area contributed by atoms with Gasteiger partial charge in [-0.3, -0.25) is 14.4 Å². The molecule has 8 heteroatoms. The molecular weight excluding hydrogens is 514 g/mol. The Hall–Kier alpha value is -4.10. The zero-order valence-electron chi connectivity index (χ0n) is 21.4. The fraction of sp³-hybridized carbons (Fsp3) is 0.258. The van der Waals surface area contributed by atoms with Gasteiger partial charge in [-0.05, 0) is 72.2 Å². The molecule has 39 heavy (non-hydrogen) atoms. The Labute approximate surface area is 232 Å². The van der Waals surface area contributed by atoms with Gasteiger partial charge in [-0.15, -0.1) is 0 Å². The van der Waals surface area contributed by atoms with Gasteiger partial charge in [-0.25, -0.2) is 4.90 Å². The molecule has 3 aromatic carbocycles. The van der Waals surface area contributed by atoms with Gasteiger partial charge in [0.1, 0.15) is 11.8 Å². The number of ether oxygens (including phenoxy) is 1. The number of rotatable bonds is 7. The first-order valence-corrected chi connectivity index (χ1v) is 13.6. The Morgan fingerprint density at radius 1 is 0.949 bits per heavy atom. The molecule has 6 rings (SSSR count). The number of halogens is 1. The van der Waals surface area contributed by atoms with Gasteiger partial charge in [-0.1, -0.05) is 49.2 Å². The van der Waals surface area contributed by atoms with Crippen LogP contribution < -0.4 is 15.0 Å². The summed E-state index contributed by atoms with van der Waals surface area (Å²) in [5.41, 5.74) is 2.95. The van der Waals surface area contributed by atoms with Gasteiger partial charge in [0, 0.05) is 16.9 Å². The number of imide groups is 1. The van der Waals surface area contributed by atoms with E-state index in [-0.39, 0.29) is 17.7 Å². The number of nitrogens with zero attached hydrogens (tertiary/aromatic N) is 2. The molecule has 0 saturated carbocycles. The number of unbranched alkanes of at least 4 members (excludes halogenated alkanes) is 1. The van der Waals surface area contributed by atoms with Crippen LogP contribution in [-0.4, -0.2) is 35.3 Å². The first-order valence-electron chi connectivity index (χ1n) is 13.2. The Bertz CT molecular complexity index is 1450. The number of fused-ring (bicyclic) bond motifs is 5. The Balaban J connectivity index is 1.35. The summed E-state index contributed by atoms with van der Waals surface area (Å²) in [5, 5.41) is 3.49. The second-order valence-corrected chi connectivity index (χ2v) is 10.5. The highest BCUT2D eigenvalue weighted by atomic mass is 35.5. The van der Waals surface area contributed by atoms with Gasteiger partial charge in [-0.2, -0.15) is 0 Å². The normalized spacial score (nSPS) is 22.9. The van der Waals surface area contributed by atoms with Crippen LogP contribution in [0.5, 0.6) is 5.75 Å². The minimum atomic E-state index is -0.863. The Morgan fingerprint density at radius 3 is 2.41 bits per heavy atom. The third-order valence-corrected chi connectivity index (χ3v) is 7.96. The first kappa shape index (κ1) is 25.2. The molecule has 0 spiro atoms. The van der Waals surface area contributed by atoms with Crippen LogP contribution in [0.4, 0.5) is 11.4 Å². The van der Waals surface area contributed by atoms with E-state index < -0.39 is 23.9 Å². The molecule has 3 heterocycles. The average Bonchev–Trinajstić information content (AvgIpc) is 3.43. The number of nitrogens with one attached hydrogen (secondary N) is 1. The van der Waals surface area contributed by atoms with Crippen molar-refractivity contribution in [3.8, 4) is 5.75 Å². The average molecular weight is 542 g/mol. The van der Waals surface area contributed by atoms with Crippen LogP contribution in [0.2, 0.25) is 5.02 Å². The molecule has 0 bridgehead atoms. The molecule has 0 unspecified atom stereocenters. The van der Waals surface area contributed by atoms with E-state index in [9.17, 15) is 14.4 Å². The zero-order valence-corrected chi connectivity index (χ0v) is 22.2. The summed E-state index contributed by atoms with van der Waals surface area (Å²) < 4.78 is 5.75. The van der Waals surface area contributed by atoms with E-state index in [0.29, 0.717) is 28.8 Å². The third kappa shape index (κ3) is 4.36. The van der Waals surface area contributed by atoms with Crippen molar-refractivity contribution in [2.45, 2.75) is 31.8 Å². The largest absolute Gasteiger partial charge is 0.494 e. The lowest BCUT2D eigenvalue weighted by atomic mass is 9.84. The van der Waals surface area contributed by atoms with Crippen molar-refractivity contribution in [3.63, 3.8) is 0 Å². The van der Waals surface area contributed by atoms with E-state index in [0.717, 1.165) is 24.0 Å².